The van der Waals surface area contributed by atoms with Crippen LogP contribution in [0.4, 0.5) is 4.39 Å². The van der Waals surface area contributed by atoms with Crippen LogP contribution in [-0.4, -0.2) is 0 Å². The lowest BCUT2D eigenvalue weighted by molar-refractivity contribution is 0.667. The lowest BCUT2D eigenvalue weighted by atomic mass is 10.4. The molecular formula is C8H9F. The van der Waals surface area contributed by atoms with Gasteiger partial charge in [0.15, 0.2) is 0 Å². The first kappa shape index (κ1) is 7.93. The first-order valence-electron chi connectivity index (χ1n) is 2.66. The molecule has 0 rings (SSSR count). The molecule has 0 spiro atoms. The Morgan fingerprint density at radius 2 is 2.33 bits per heavy atom. The van der Waals surface area contributed by atoms with Gasteiger partial charge >= 0.3 is 0 Å². The highest BCUT2D eigenvalue weighted by atomic mass is 19.1. The van der Waals surface area contributed by atoms with Crippen molar-refractivity contribution in [1.82, 2.24) is 0 Å². The molecule has 0 fully saturated rings. The van der Waals surface area contributed by atoms with Crippen LogP contribution in [0.2, 0.25) is 0 Å². The molecular weight excluding hydrogens is 115 g/mol. The molecule has 0 unspecified atom stereocenters. The Labute approximate surface area is 54.7 Å². The molecule has 0 N–H and O–H groups in total. The molecule has 0 bridgehead atoms. The molecule has 0 saturated carbocycles. The molecule has 0 aliphatic carbocycles. The summed E-state index contributed by atoms with van der Waals surface area (Å²) in [7, 11) is 0. The summed E-state index contributed by atoms with van der Waals surface area (Å²) >= 11 is 0. The van der Waals surface area contributed by atoms with E-state index in [0.29, 0.717) is 0 Å². The highest BCUT2D eigenvalue weighted by molar-refractivity contribution is 5.15. The monoisotopic (exact) mass is 124 g/mol. The Hall–Kier alpha value is -1.07. The van der Waals surface area contributed by atoms with Gasteiger partial charge in [-0.15, -0.1) is 5.73 Å². The Morgan fingerprint density at radius 1 is 1.67 bits per heavy atom. The SMILES string of the molecule is C=C/C=C(/F)C=C=CC. The summed E-state index contributed by atoms with van der Waals surface area (Å²) in [6, 6.07) is 0. The van der Waals surface area contributed by atoms with E-state index in [-0.39, 0.29) is 5.83 Å². The molecule has 1 heteroatoms. The summed E-state index contributed by atoms with van der Waals surface area (Å²) in [6.45, 7) is 5.11. The van der Waals surface area contributed by atoms with Crippen LogP contribution < -0.4 is 0 Å². The van der Waals surface area contributed by atoms with E-state index in [0.717, 1.165) is 0 Å². The molecule has 48 valence electrons. The Morgan fingerprint density at radius 3 is 2.78 bits per heavy atom. The van der Waals surface area contributed by atoms with Gasteiger partial charge in [-0.2, -0.15) is 0 Å². The lowest BCUT2D eigenvalue weighted by Crippen LogP contribution is -1.57. The second-order valence-electron chi connectivity index (χ2n) is 1.39. The van der Waals surface area contributed by atoms with E-state index in [9.17, 15) is 4.39 Å². The van der Waals surface area contributed by atoms with Crippen LogP contribution in [0, 0.1) is 0 Å². The zero-order valence-corrected chi connectivity index (χ0v) is 5.39. The quantitative estimate of drug-likeness (QED) is 0.392. The standard InChI is InChI=1S/C8H9F/c1-3-5-7-8(9)6-4-2/h3-4,6-7H,2H2,1H3/b8-6+. The topological polar surface area (TPSA) is 0 Å². The molecule has 0 aromatic carbocycles. The van der Waals surface area contributed by atoms with Crippen molar-refractivity contribution in [1.29, 1.82) is 0 Å². The highest BCUT2D eigenvalue weighted by Crippen LogP contribution is 1.95. The third-order valence-corrected chi connectivity index (χ3v) is 0.665. The van der Waals surface area contributed by atoms with E-state index in [4.69, 9.17) is 0 Å². The smallest absolute Gasteiger partial charge is 0.130 e. The van der Waals surface area contributed by atoms with Crippen molar-refractivity contribution in [3.8, 4) is 0 Å². The molecule has 0 nitrogen and oxygen atoms in total. The lowest BCUT2D eigenvalue weighted by Gasteiger charge is -1.75. The van der Waals surface area contributed by atoms with Gasteiger partial charge in [0, 0.05) is 6.08 Å². The molecule has 0 atom stereocenters. The van der Waals surface area contributed by atoms with E-state index >= 15 is 0 Å². The van der Waals surface area contributed by atoms with Crippen molar-refractivity contribution in [2.45, 2.75) is 6.92 Å². The van der Waals surface area contributed by atoms with E-state index in [1.165, 1.54) is 18.2 Å². The average molecular weight is 124 g/mol. The molecule has 0 aromatic heterocycles. The third kappa shape index (κ3) is 4.79. The summed E-state index contributed by atoms with van der Waals surface area (Å²) in [5, 5.41) is 0. The first-order chi connectivity index (χ1) is 4.31. The maximum absolute atomic E-state index is 12.2. The zero-order chi connectivity index (χ0) is 7.11. The van der Waals surface area contributed by atoms with E-state index in [2.05, 4.69) is 12.3 Å². The van der Waals surface area contributed by atoms with Crippen LogP contribution in [0.25, 0.3) is 0 Å². The minimum absolute atomic E-state index is 0.330. The van der Waals surface area contributed by atoms with Gasteiger partial charge in [0.05, 0.1) is 0 Å². The summed E-state index contributed by atoms with van der Waals surface area (Å²) in [6.07, 6.45) is 5.55. The molecule has 0 aliphatic heterocycles. The normalized spacial score (nSPS) is 9.78. The van der Waals surface area contributed by atoms with Crippen LogP contribution in [-0.2, 0) is 0 Å². The summed E-state index contributed by atoms with van der Waals surface area (Å²) in [5.74, 6) is -0.330. The van der Waals surface area contributed by atoms with Gasteiger partial charge in [0.25, 0.3) is 0 Å². The van der Waals surface area contributed by atoms with Gasteiger partial charge < -0.3 is 0 Å². The number of allylic oxidation sites excluding steroid dienone is 4. The fraction of sp³-hybridized carbons (Fsp3) is 0.125. The van der Waals surface area contributed by atoms with Crippen molar-refractivity contribution >= 4 is 0 Å². The van der Waals surface area contributed by atoms with Crippen molar-refractivity contribution in [2.75, 3.05) is 0 Å². The first-order valence-corrected chi connectivity index (χ1v) is 2.66. The van der Waals surface area contributed by atoms with E-state index in [1.54, 1.807) is 13.0 Å². The van der Waals surface area contributed by atoms with Gasteiger partial charge in [0.1, 0.15) is 5.83 Å². The van der Waals surface area contributed by atoms with Crippen LogP contribution in [0.15, 0.2) is 42.4 Å². The Bertz CT molecular complexity index is 169. The largest absolute Gasteiger partial charge is 0.206 e. The average Bonchev–Trinajstić information content (AvgIpc) is 1.85. The maximum atomic E-state index is 12.2. The van der Waals surface area contributed by atoms with Crippen molar-refractivity contribution in [3.63, 3.8) is 0 Å². The molecule has 0 radical (unpaired) electrons. The molecule has 0 heterocycles. The predicted octanol–water partition coefficient (Wildman–Crippen LogP) is 2.76. The molecule has 9 heavy (non-hydrogen) atoms. The van der Waals surface area contributed by atoms with Crippen molar-refractivity contribution in [3.05, 3.63) is 42.4 Å². The highest BCUT2D eigenvalue weighted by Gasteiger charge is 1.77. The van der Waals surface area contributed by atoms with Gasteiger partial charge in [-0.05, 0) is 19.1 Å². The molecule has 0 amide bonds. The summed E-state index contributed by atoms with van der Waals surface area (Å²) in [4.78, 5) is 0. The zero-order valence-electron chi connectivity index (χ0n) is 5.39. The summed E-state index contributed by atoms with van der Waals surface area (Å²) in [5.41, 5.74) is 2.59. The van der Waals surface area contributed by atoms with E-state index in [1.807, 2.05) is 0 Å². The number of hydrogen-bond donors (Lipinski definition) is 0. The van der Waals surface area contributed by atoms with Gasteiger partial charge in [0.2, 0.25) is 0 Å². The molecule has 0 saturated heterocycles. The molecule has 0 aromatic rings. The van der Waals surface area contributed by atoms with Gasteiger partial charge in [-0.3, -0.25) is 0 Å². The van der Waals surface area contributed by atoms with Crippen molar-refractivity contribution < 1.29 is 4.39 Å². The third-order valence-electron chi connectivity index (χ3n) is 0.665. The van der Waals surface area contributed by atoms with Crippen molar-refractivity contribution in [2.24, 2.45) is 0 Å². The minimum Gasteiger partial charge on any atom is -0.206 e. The van der Waals surface area contributed by atoms with Crippen LogP contribution in [0.3, 0.4) is 0 Å². The Kier molecular flexibility index (Phi) is 4.47. The van der Waals surface area contributed by atoms with Crippen LogP contribution >= 0.6 is 0 Å². The fourth-order valence-corrected chi connectivity index (χ4v) is 0.324. The summed E-state index contributed by atoms with van der Waals surface area (Å²) < 4.78 is 12.2. The van der Waals surface area contributed by atoms with Crippen LogP contribution in [0.1, 0.15) is 6.92 Å². The minimum atomic E-state index is -0.330. The fourth-order valence-electron chi connectivity index (χ4n) is 0.324. The van der Waals surface area contributed by atoms with E-state index < -0.39 is 0 Å². The number of halogens is 1. The van der Waals surface area contributed by atoms with Gasteiger partial charge in [-0.1, -0.05) is 12.7 Å². The van der Waals surface area contributed by atoms with Gasteiger partial charge in [-0.25, -0.2) is 4.39 Å². The Balaban J connectivity index is 4.05. The second-order valence-corrected chi connectivity index (χ2v) is 1.39. The van der Waals surface area contributed by atoms with Crippen LogP contribution in [0.5, 0.6) is 0 Å². The number of rotatable bonds is 2. The molecule has 0 aliphatic rings. The maximum Gasteiger partial charge on any atom is 0.130 e. The predicted molar refractivity (Wildman–Crippen MR) is 37.7 cm³/mol. The second kappa shape index (κ2) is 5.07. The number of hydrogen-bond acceptors (Lipinski definition) is 0.